The third-order valence-corrected chi connectivity index (χ3v) is 10.2. The van der Waals surface area contributed by atoms with Crippen LogP contribution in [-0.4, -0.2) is 72.6 Å². The molecule has 0 aliphatic rings. The molecule has 58 heavy (non-hydrogen) atoms. The maximum Gasteiger partial charge on any atom is 0.206 e. The van der Waals surface area contributed by atoms with Crippen molar-refractivity contribution in [3.8, 4) is 39.5 Å². The van der Waals surface area contributed by atoms with E-state index in [0.717, 1.165) is 66.0 Å². The summed E-state index contributed by atoms with van der Waals surface area (Å²) < 4.78 is 32.5. The fourth-order valence-corrected chi connectivity index (χ4v) is 7.40. The molecule has 0 unspecified atom stereocenters. The molecule has 9 aromatic heterocycles. The lowest BCUT2D eigenvalue weighted by molar-refractivity contribution is 0.413. The molecule has 0 aliphatic heterocycles. The number of aromatic nitrogens is 13. The summed E-state index contributed by atoms with van der Waals surface area (Å²) in [4.78, 5) is 31.7. The van der Waals surface area contributed by atoms with Crippen molar-refractivity contribution in [2.24, 2.45) is 0 Å². The largest absolute Gasteiger partial charge is 0.495 e. The van der Waals surface area contributed by atoms with Crippen LogP contribution in [0.15, 0.2) is 86.2 Å². The average Bonchev–Trinajstić information content (AvgIpc) is 4.08. The van der Waals surface area contributed by atoms with Gasteiger partial charge in [0.05, 0.1) is 49.5 Å². The van der Waals surface area contributed by atoms with E-state index < -0.39 is 5.82 Å². The van der Waals surface area contributed by atoms with Gasteiger partial charge in [0.2, 0.25) is 5.13 Å². The Balaban J connectivity index is 0.000000133. The summed E-state index contributed by atoms with van der Waals surface area (Å²) in [5.41, 5.74) is 5.27. The second kappa shape index (κ2) is 18.3. The van der Waals surface area contributed by atoms with Crippen LogP contribution in [0.4, 0.5) is 41.6 Å². The van der Waals surface area contributed by atoms with Gasteiger partial charge in [-0.15, -0.1) is 22.7 Å². The molecule has 9 rings (SSSR count). The molecule has 0 bridgehead atoms. The molecule has 294 valence electrons. The third kappa shape index (κ3) is 9.84. The zero-order valence-electron chi connectivity index (χ0n) is 30.9. The maximum atomic E-state index is 13.7. The van der Waals surface area contributed by atoms with E-state index in [2.05, 4.69) is 81.4 Å². The lowest BCUT2D eigenvalue weighted by atomic mass is 10.2. The van der Waals surface area contributed by atoms with Crippen LogP contribution in [0, 0.1) is 31.7 Å². The highest BCUT2D eigenvalue weighted by Crippen LogP contribution is 2.33. The third-order valence-electron chi connectivity index (χ3n) is 7.71. The highest BCUT2D eigenvalue weighted by atomic mass is 32.1. The quantitative estimate of drug-likeness (QED) is 0.0759. The number of halogens is 2. The van der Waals surface area contributed by atoms with Gasteiger partial charge >= 0.3 is 0 Å². The first kappa shape index (κ1) is 39.2. The topological polar surface area (TPSA) is 222 Å². The maximum absolute atomic E-state index is 13.7. The Hall–Kier alpha value is -7.04. The van der Waals surface area contributed by atoms with Gasteiger partial charge in [-0.2, -0.15) is 19.7 Å². The minimum atomic E-state index is -0.395. The predicted octanol–water partition coefficient (Wildman–Crippen LogP) is 8.62. The molecule has 0 aliphatic carbocycles. The molecule has 0 radical (unpaired) electrons. The molecule has 9 heterocycles. The number of aryl methyl sites for hydroxylation is 3. The molecular formula is C36H32F2N16OS3. The summed E-state index contributed by atoms with van der Waals surface area (Å²) in [5, 5.41) is 30.2. The van der Waals surface area contributed by atoms with E-state index in [1.165, 1.54) is 29.8 Å². The van der Waals surface area contributed by atoms with Crippen molar-refractivity contribution in [2.45, 2.75) is 20.8 Å². The minimum absolute atomic E-state index is 0.192. The van der Waals surface area contributed by atoms with E-state index in [1.807, 2.05) is 39.1 Å². The SMILES string of the molecule is COc1ccc(Nc2nc(-c3cn[nH]c3)c(C)s2)nc1.Cc1ccc(F)c(Nc2nc(-c3cn[nH]c3)c(C)s2)n1.Fc1sc(Nc2cnccn2)nc1-c1cn[nH]c1. The monoisotopic (exact) mass is 838 g/mol. The van der Waals surface area contributed by atoms with Gasteiger partial charge in [-0.1, -0.05) is 11.3 Å². The summed E-state index contributed by atoms with van der Waals surface area (Å²) >= 11 is 3.94. The van der Waals surface area contributed by atoms with Crippen LogP contribution in [0.2, 0.25) is 0 Å². The van der Waals surface area contributed by atoms with E-state index in [-0.39, 0.29) is 16.6 Å². The lowest BCUT2D eigenvalue weighted by Gasteiger charge is -2.03. The molecule has 9 aromatic rings. The molecule has 0 spiro atoms. The summed E-state index contributed by atoms with van der Waals surface area (Å²) in [6, 6.07) is 6.73. The number of nitrogens with one attached hydrogen (secondary N) is 6. The first-order chi connectivity index (χ1) is 28.2. The van der Waals surface area contributed by atoms with Crippen molar-refractivity contribution < 1.29 is 13.5 Å². The van der Waals surface area contributed by atoms with Crippen LogP contribution >= 0.6 is 34.0 Å². The molecule has 6 N–H and O–H groups in total. The zero-order chi connectivity index (χ0) is 40.4. The zero-order valence-corrected chi connectivity index (χ0v) is 33.4. The fraction of sp³-hybridized carbons (Fsp3) is 0.111. The lowest BCUT2D eigenvalue weighted by Crippen LogP contribution is -1.97. The number of hydrogen-bond acceptors (Lipinski definition) is 17. The van der Waals surface area contributed by atoms with Crippen LogP contribution in [0.1, 0.15) is 15.4 Å². The van der Waals surface area contributed by atoms with Crippen LogP contribution < -0.4 is 20.7 Å². The standard InChI is InChI=1S/C13H12FN5S.C13H13N5OS.C10H7FN6S/c1-7-3-4-10(14)12(17-7)19-13-18-11(8(2)20-13)9-5-15-16-6-9;1-8-12(9-5-15-16-6-9)18-13(20-8)17-11-4-3-10(19-2)7-14-11;11-9-8(6-3-14-15-4-6)17-10(18-9)16-7-5-12-1-2-13-7/h3-6H,1-2H3,(H,15,16)(H,17,18,19);3-7H,1-2H3,(H,15,16)(H,14,17,18);1-5H,(H,14,15)(H,13,16,17). The molecule has 22 heteroatoms. The number of aromatic amines is 3. The Morgan fingerprint density at radius 2 is 1.17 bits per heavy atom. The van der Waals surface area contributed by atoms with Gasteiger partial charge < -0.3 is 20.7 Å². The Kier molecular flexibility index (Phi) is 12.4. The molecule has 0 fully saturated rings. The molecule has 0 atom stereocenters. The second-order valence-corrected chi connectivity index (χ2v) is 15.1. The van der Waals surface area contributed by atoms with Gasteiger partial charge in [-0.3, -0.25) is 20.3 Å². The Morgan fingerprint density at radius 1 is 0.586 bits per heavy atom. The molecule has 0 aromatic carbocycles. The van der Waals surface area contributed by atoms with Crippen molar-refractivity contribution in [3.05, 3.63) is 113 Å². The molecule has 0 saturated carbocycles. The van der Waals surface area contributed by atoms with Gasteiger partial charge in [-0.05, 0) is 45.0 Å². The number of ether oxygens (including phenoxy) is 1. The number of pyridine rings is 2. The number of anilines is 6. The first-order valence-corrected chi connectivity index (χ1v) is 19.5. The number of nitrogens with zero attached hydrogens (tertiary/aromatic N) is 10. The van der Waals surface area contributed by atoms with E-state index in [4.69, 9.17) is 4.74 Å². The average molecular weight is 839 g/mol. The number of thiazole rings is 3. The molecule has 17 nitrogen and oxygen atoms in total. The van der Waals surface area contributed by atoms with Crippen molar-refractivity contribution in [2.75, 3.05) is 23.1 Å². The van der Waals surface area contributed by atoms with Crippen molar-refractivity contribution >= 4 is 66.9 Å². The van der Waals surface area contributed by atoms with Crippen LogP contribution in [0.3, 0.4) is 0 Å². The van der Waals surface area contributed by atoms with Gasteiger partial charge in [0, 0.05) is 63.1 Å². The van der Waals surface area contributed by atoms with Crippen LogP contribution in [0.5, 0.6) is 5.75 Å². The van der Waals surface area contributed by atoms with E-state index in [0.29, 0.717) is 21.6 Å². The highest BCUT2D eigenvalue weighted by Gasteiger charge is 2.15. The summed E-state index contributed by atoms with van der Waals surface area (Å²) in [6.07, 6.45) is 16.5. The Morgan fingerprint density at radius 3 is 1.72 bits per heavy atom. The normalized spacial score (nSPS) is 10.6. The van der Waals surface area contributed by atoms with Crippen molar-refractivity contribution in [3.63, 3.8) is 0 Å². The van der Waals surface area contributed by atoms with Gasteiger partial charge in [0.15, 0.2) is 32.8 Å². The summed E-state index contributed by atoms with van der Waals surface area (Å²) in [5.74, 6) is 1.78. The molecular weight excluding hydrogens is 807 g/mol. The number of methoxy groups -OCH3 is 1. The minimum Gasteiger partial charge on any atom is -0.495 e. The van der Waals surface area contributed by atoms with Crippen molar-refractivity contribution in [1.29, 1.82) is 0 Å². The number of rotatable bonds is 10. The second-order valence-electron chi connectivity index (χ2n) is 11.8. The molecule has 0 amide bonds. The van der Waals surface area contributed by atoms with Gasteiger partial charge in [0.1, 0.15) is 17.3 Å². The highest BCUT2D eigenvalue weighted by molar-refractivity contribution is 7.16. The fourth-order valence-electron chi connectivity index (χ4n) is 5.00. The van der Waals surface area contributed by atoms with E-state index >= 15 is 0 Å². The number of hydrogen-bond donors (Lipinski definition) is 6. The first-order valence-electron chi connectivity index (χ1n) is 17.0. The summed E-state index contributed by atoms with van der Waals surface area (Å²) in [7, 11) is 1.62. The van der Waals surface area contributed by atoms with Crippen LogP contribution in [0.25, 0.3) is 33.8 Å². The molecule has 0 saturated heterocycles. The summed E-state index contributed by atoms with van der Waals surface area (Å²) in [6.45, 7) is 5.81. The van der Waals surface area contributed by atoms with Gasteiger partial charge in [-0.25, -0.2) is 34.3 Å². The van der Waals surface area contributed by atoms with Crippen LogP contribution in [-0.2, 0) is 0 Å². The van der Waals surface area contributed by atoms with Crippen molar-refractivity contribution in [1.82, 2.24) is 65.5 Å². The number of H-pyrrole nitrogens is 3. The Labute approximate surface area is 340 Å². The Bertz CT molecular complexity index is 2650. The van der Waals surface area contributed by atoms with E-state index in [1.54, 1.807) is 67.9 Å². The van der Waals surface area contributed by atoms with E-state index in [9.17, 15) is 8.78 Å². The smallest absolute Gasteiger partial charge is 0.206 e. The van der Waals surface area contributed by atoms with Gasteiger partial charge in [0.25, 0.3) is 0 Å². The predicted molar refractivity (Wildman–Crippen MR) is 220 cm³/mol.